The lowest BCUT2D eigenvalue weighted by Crippen LogP contribution is -2.22. The molecule has 3 heterocycles. The topological polar surface area (TPSA) is 93.2 Å². The first-order valence-corrected chi connectivity index (χ1v) is 12.7. The maximum atomic E-state index is 13.5. The van der Waals surface area contributed by atoms with Crippen LogP contribution in [0.5, 0.6) is 28.7 Å². The number of Topliss-reactive ketones (excluding diaryl/α,β-unsaturated/α-hetero) is 1. The second-order valence-electron chi connectivity index (χ2n) is 9.25. The van der Waals surface area contributed by atoms with Crippen LogP contribution in [0.4, 0.5) is 0 Å². The molecule has 2 aliphatic rings. The molecule has 200 valence electrons. The maximum Gasteiger partial charge on any atom is 0.312 e. The highest BCUT2D eigenvalue weighted by Gasteiger charge is 2.39. The Bertz CT molecular complexity index is 1640. The summed E-state index contributed by atoms with van der Waals surface area (Å²) in [6.45, 7) is 0.263. The first kappa shape index (κ1) is 25.2. The number of carbonyl (C=O) groups excluding carboxylic acids is 2. The first-order valence-electron chi connectivity index (χ1n) is 12.7. The average Bonchev–Trinajstić information content (AvgIpc) is 3.30. The predicted molar refractivity (Wildman–Crippen MR) is 146 cm³/mol. The van der Waals surface area contributed by atoms with E-state index in [2.05, 4.69) is 4.98 Å². The number of aromatic nitrogens is 1. The number of hydrogen-bond acceptors (Lipinski definition) is 8. The van der Waals surface area contributed by atoms with Gasteiger partial charge in [-0.2, -0.15) is 0 Å². The molecule has 0 bridgehead atoms. The Balaban J connectivity index is 1.40. The molecule has 0 fully saturated rings. The zero-order valence-electron chi connectivity index (χ0n) is 21.9. The second-order valence-corrected chi connectivity index (χ2v) is 9.25. The largest absolute Gasteiger partial charge is 0.493 e. The van der Waals surface area contributed by atoms with E-state index in [-0.39, 0.29) is 30.5 Å². The van der Waals surface area contributed by atoms with Crippen molar-refractivity contribution in [3.8, 4) is 28.7 Å². The van der Waals surface area contributed by atoms with E-state index in [0.717, 1.165) is 11.3 Å². The summed E-state index contributed by atoms with van der Waals surface area (Å²) in [5.41, 5.74) is 3.20. The molecule has 8 nitrogen and oxygen atoms in total. The number of methoxy groups -OCH3 is 2. The summed E-state index contributed by atoms with van der Waals surface area (Å²) in [5, 5.41) is 0. The number of ether oxygens (including phenoxy) is 5. The van der Waals surface area contributed by atoms with E-state index < -0.39 is 5.92 Å². The van der Waals surface area contributed by atoms with Gasteiger partial charge in [-0.25, -0.2) is 0 Å². The van der Waals surface area contributed by atoms with Gasteiger partial charge >= 0.3 is 5.97 Å². The summed E-state index contributed by atoms with van der Waals surface area (Å²) in [6, 6.07) is 21.8. The van der Waals surface area contributed by atoms with Crippen molar-refractivity contribution < 1.29 is 33.3 Å². The number of benzene rings is 3. The molecule has 4 aromatic rings. The first-order chi connectivity index (χ1) is 19.6. The van der Waals surface area contributed by atoms with E-state index in [0.29, 0.717) is 45.4 Å². The van der Waals surface area contributed by atoms with Gasteiger partial charge in [0.05, 0.1) is 31.9 Å². The molecule has 0 radical (unpaired) electrons. The van der Waals surface area contributed by atoms with Crippen LogP contribution >= 0.6 is 0 Å². The van der Waals surface area contributed by atoms with Crippen LogP contribution in [0.1, 0.15) is 45.1 Å². The zero-order valence-corrected chi connectivity index (χ0v) is 21.9. The van der Waals surface area contributed by atoms with Crippen molar-refractivity contribution in [2.24, 2.45) is 0 Å². The predicted octanol–water partition coefficient (Wildman–Crippen LogP) is 5.74. The minimum atomic E-state index is -0.454. The Morgan fingerprint density at radius 3 is 2.52 bits per heavy atom. The minimum Gasteiger partial charge on any atom is -0.493 e. The monoisotopic (exact) mass is 535 g/mol. The fraction of sp³-hybridized carbons (Fsp3) is 0.156. The average molecular weight is 536 g/mol. The third kappa shape index (κ3) is 4.53. The van der Waals surface area contributed by atoms with Crippen LogP contribution < -0.4 is 23.7 Å². The summed E-state index contributed by atoms with van der Waals surface area (Å²) in [6.07, 6.45) is 3.40. The Labute approximate surface area is 230 Å². The van der Waals surface area contributed by atoms with Gasteiger partial charge < -0.3 is 23.7 Å². The lowest BCUT2D eigenvalue weighted by atomic mass is 9.84. The van der Waals surface area contributed by atoms with Crippen molar-refractivity contribution in [3.63, 3.8) is 0 Å². The molecule has 0 saturated heterocycles. The van der Waals surface area contributed by atoms with Gasteiger partial charge in [0.1, 0.15) is 23.9 Å². The highest BCUT2D eigenvalue weighted by molar-refractivity contribution is 6.15. The summed E-state index contributed by atoms with van der Waals surface area (Å²) >= 11 is 0. The molecular formula is C32H25NO7. The van der Waals surface area contributed by atoms with Crippen molar-refractivity contribution >= 4 is 17.8 Å². The maximum absolute atomic E-state index is 13.5. The van der Waals surface area contributed by atoms with Crippen LogP contribution in [0.15, 0.2) is 84.8 Å². The van der Waals surface area contributed by atoms with Crippen molar-refractivity contribution in [2.45, 2.75) is 18.9 Å². The number of allylic oxidation sites excluding steroid dienone is 1. The summed E-state index contributed by atoms with van der Waals surface area (Å²) < 4.78 is 28.9. The molecule has 0 aliphatic carbocycles. The molecule has 40 heavy (non-hydrogen) atoms. The van der Waals surface area contributed by atoms with Crippen molar-refractivity contribution in [1.29, 1.82) is 0 Å². The van der Waals surface area contributed by atoms with E-state index >= 15 is 0 Å². The smallest absolute Gasteiger partial charge is 0.312 e. The highest BCUT2D eigenvalue weighted by atomic mass is 16.5. The van der Waals surface area contributed by atoms with Gasteiger partial charge in [-0.15, -0.1) is 0 Å². The van der Waals surface area contributed by atoms with Crippen LogP contribution in [-0.4, -0.2) is 31.0 Å². The number of ketones is 1. The molecular weight excluding hydrogens is 510 g/mol. The van der Waals surface area contributed by atoms with E-state index in [1.54, 1.807) is 43.6 Å². The Morgan fingerprint density at radius 2 is 1.73 bits per heavy atom. The van der Waals surface area contributed by atoms with E-state index in [1.807, 2.05) is 48.5 Å². The molecule has 0 saturated carbocycles. The van der Waals surface area contributed by atoms with Gasteiger partial charge in [0.25, 0.3) is 0 Å². The fourth-order valence-electron chi connectivity index (χ4n) is 5.07. The number of nitrogens with zero attached hydrogens (tertiary/aromatic N) is 1. The number of rotatable bonds is 7. The molecule has 1 unspecified atom stereocenters. The number of para-hydroxylation sites is 2. The molecule has 1 atom stereocenters. The zero-order chi connectivity index (χ0) is 27.6. The lowest BCUT2D eigenvalue weighted by molar-refractivity contribution is -0.135. The SMILES string of the molecule is COc1cccc(C=C2Oc3c(ccc4c3C(c3ccccc3OCc3ccccn3)CC(=O)O4)C2=O)c1OC. The molecule has 0 N–H and O–H groups in total. The highest BCUT2D eigenvalue weighted by Crippen LogP contribution is 2.50. The number of carbonyl (C=O) groups is 2. The van der Waals surface area contributed by atoms with Gasteiger partial charge in [0, 0.05) is 28.8 Å². The number of esters is 1. The molecule has 0 spiro atoms. The normalized spacial score (nSPS) is 16.6. The molecule has 8 heteroatoms. The Hall–Kier alpha value is -5.11. The molecule has 1 aromatic heterocycles. The van der Waals surface area contributed by atoms with Gasteiger partial charge in [0.15, 0.2) is 17.3 Å². The fourth-order valence-corrected chi connectivity index (χ4v) is 5.07. The van der Waals surface area contributed by atoms with Crippen LogP contribution in [-0.2, 0) is 11.4 Å². The second kappa shape index (κ2) is 10.6. The van der Waals surface area contributed by atoms with Gasteiger partial charge in [-0.05, 0) is 42.5 Å². The van der Waals surface area contributed by atoms with E-state index in [9.17, 15) is 9.59 Å². The van der Waals surface area contributed by atoms with Crippen LogP contribution in [0.2, 0.25) is 0 Å². The van der Waals surface area contributed by atoms with Crippen molar-refractivity contribution in [1.82, 2.24) is 4.98 Å². The summed E-state index contributed by atoms with van der Waals surface area (Å²) in [4.78, 5) is 30.5. The van der Waals surface area contributed by atoms with Crippen LogP contribution in [0.3, 0.4) is 0 Å². The van der Waals surface area contributed by atoms with Crippen LogP contribution in [0, 0.1) is 0 Å². The minimum absolute atomic E-state index is 0.0632. The standard InChI is InChI=1S/C32H25NO7/c1-36-26-12-7-8-19(31(26)37-2)16-27-30(35)22-13-14-25-29(32(22)40-27)23(17-28(34)39-25)21-10-3-4-11-24(21)38-18-20-9-5-6-15-33-20/h3-16,23H,17-18H2,1-2H3. The third-order valence-electron chi connectivity index (χ3n) is 6.90. The Kier molecular flexibility index (Phi) is 6.66. The quantitative estimate of drug-likeness (QED) is 0.168. The van der Waals surface area contributed by atoms with Crippen LogP contribution in [0.25, 0.3) is 6.08 Å². The summed E-state index contributed by atoms with van der Waals surface area (Å²) in [5.74, 6) is 1.37. The number of pyridine rings is 1. The van der Waals surface area contributed by atoms with Crippen molar-refractivity contribution in [2.75, 3.05) is 14.2 Å². The molecule has 0 amide bonds. The molecule has 6 rings (SSSR count). The van der Waals surface area contributed by atoms with Crippen molar-refractivity contribution in [3.05, 3.63) is 113 Å². The lowest BCUT2D eigenvalue weighted by Gasteiger charge is -2.27. The van der Waals surface area contributed by atoms with Gasteiger partial charge in [0.2, 0.25) is 5.78 Å². The summed E-state index contributed by atoms with van der Waals surface area (Å²) in [7, 11) is 3.09. The molecule has 2 aliphatic heterocycles. The number of hydrogen-bond donors (Lipinski definition) is 0. The van der Waals surface area contributed by atoms with Gasteiger partial charge in [-0.3, -0.25) is 14.6 Å². The number of fused-ring (bicyclic) bond motifs is 3. The van der Waals surface area contributed by atoms with E-state index in [4.69, 9.17) is 23.7 Å². The molecule has 3 aromatic carbocycles. The van der Waals surface area contributed by atoms with Gasteiger partial charge in [-0.1, -0.05) is 36.4 Å². The third-order valence-corrected chi connectivity index (χ3v) is 6.90. The Morgan fingerprint density at radius 1 is 0.900 bits per heavy atom. The van der Waals surface area contributed by atoms with E-state index in [1.165, 1.54) is 7.11 Å².